The van der Waals surface area contributed by atoms with E-state index in [1.54, 1.807) is 18.2 Å². The molecule has 4 nitrogen and oxygen atoms in total. The van der Waals surface area contributed by atoms with Crippen molar-refractivity contribution in [2.75, 3.05) is 13.7 Å². The van der Waals surface area contributed by atoms with E-state index < -0.39 is 5.97 Å². The Morgan fingerprint density at radius 2 is 1.91 bits per heavy atom. The molecule has 0 saturated carbocycles. The lowest BCUT2D eigenvalue weighted by molar-refractivity contribution is -0.142. The van der Waals surface area contributed by atoms with Gasteiger partial charge in [0.2, 0.25) is 0 Å². The third kappa shape index (κ3) is 3.07. The van der Waals surface area contributed by atoms with E-state index in [4.69, 9.17) is 20.8 Å². The van der Waals surface area contributed by atoms with Crippen LogP contribution in [-0.4, -0.2) is 19.7 Å². The van der Waals surface area contributed by atoms with Crippen LogP contribution >= 0.6 is 11.6 Å². The average molecular weight is 317 g/mol. The molecular formula is C17H13ClO4. The first-order valence-electron chi connectivity index (χ1n) is 6.65. The molecule has 0 fully saturated rings. The second-order valence-corrected chi connectivity index (χ2v) is 5.12. The Balaban J connectivity index is 1.80. The van der Waals surface area contributed by atoms with Gasteiger partial charge < -0.3 is 13.9 Å². The minimum Gasteiger partial charge on any atom is -0.482 e. The molecule has 2 aromatic carbocycles. The van der Waals surface area contributed by atoms with Gasteiger partial charge in [-0.25, -0.2) is 4.79 Å². The van der Waals surface area contributed by atoms with E-state index in [1.807, 2.05) is 30.3 Å². The first-order valence-corrected chi connectivity index (χ1v) is 7.02. The van der Waals surface area contributed by atoms with Crippen molar-refractivity contribution in [1.82, 2.24) is 0 Å². The predicted octanol–water partition coefficient (Wildman–Crippen LogP) is 4.31. The number of furan rings is 1. The molecule has 0 N–H and O–H groups in total. The number of esters is 1. The second-order valence-electron chi connectivity index (χ2n) is 4.68. The SMILES string of the molecule is COC(=O)COc1ccc(-c2cc3cc(Cl)ccc3o2)cc1. The van der Waals surface area contributed by atoms with Gasteiger partial charge in [-0.2, -0.15) is 0 Å². The molecule has 0 unspecified atom stereocenters. The molecule has 5 heteroatoms. The molecule has 0 saturated heterocycles. The van der Waals surface area contributed by atoms with Crippen LogP contribution in [-0.2, 0) is 9.53 Å². The lowest BCUT2D eigenvalue weighted by Gasteiger charge is -2.05. The Labute approximate surface area is 132 Å². The highest BCUT2D eigenvalue weighted by Crippen LogP contribution is 2.30. The summed E-state index contributed by atoms with van der Waals surface area (Å²) in [6.07, 6.45) is 0. The maximum absolute atomic E-state index is 11.0. The first kappa shape index (κ1) is 14.5. The van der Waals surface area contributed by atoms with Gasteiger partial charge in [-0.1, -0.05) is 11.6 Å². The number of methoxy groups -OCH3 is 1. The van der Waals surface area contributed by atoms with Crippen molar-refractivity contribution in [3.63, 3.8) is 0 Å². The molecule has 0 radical (unpaired) electrons. The smallest absolute Gasteiger partial charge is 0.343 e. The molecule has 0 amide bonds. The van der Waals surface area contributed by atoms with Crippen LogP contribution in [0.1, 0.15) is 0 Å². The van der Waals surface area contributed by atoms with Crippen molar-refractivity contribution in [2.45, 2.75) is 0 Å². The summed E-state index contributed by atoms with van der Waals surface area (Å²) < 4.78 is 15.6. The van der Waals surface area contributed by atoms with E-state index >= 15 is 0 Å². The van der Waals surface area contributed by atoms with Crippen LogP contribution in [0.3, 0.4) is 0 Å². The van der Waals surface area contributed by atoms with E-state index in [9.17, 15) is 4.79 Å². The van der Waals surface area contributed by atoms with Crippen molar-refractivity contribution in [3.05, 3.63) is 53.6 Å². The number of benzene rings is 2. The summed E-state index contributed by atoms with van der Waals surface area (Å²) in [6, 6.07) is 14.7. The molecule has 0 aliphatic carbocycles. The quantitative estimate of drug-likeness (QED) is 0.673. The molecule has 0 aliphatic rings. The lowest BCUT2D eigenvalue weighted by Crippen LogP contribution is -2.12. The zero-order valence-corrected chi connectivity index (χ0v) is 12.6. The Hall–Kier alpha value is -2.46. The van der Waals surface area contributed by atoms with Crippen LogP contribution in [0.25, 0.3) is 22.3 Å². The average Bonchev–Trinajstić information content (AvgIpc) is 2.96. The number of hydrogen-bond acceptors (Lipinski definition) is 4. The second kappa shape index (κ2) is 6.12. The maximum Gasteiger partial charge on any atom is 0.343 e. The largest absolute Gasteiger partial charge is 0.482 e. The Bertz CT molecular complexity index is 805. The van der Waals surface area contributed by atoms with Crippen LogP contribution in [0.15, 0.2) is 52.9 Å². The number of halogens is 1. The molecule has 3 rings (SSSR count). The van der Waals surface area contributed by atoms with Crippen LogP contribution in [0.2, 0.25) is 5.02 Å². The Kier molecular flexibility index (Phi) is 4.02. The van der Waals surface area contributed by atoms with Crippen LogP contribution in [0.5, 0.6) is 5.75 Å². The molecule has 1 heterocycles. The summed E-state index contributed by atoms with van der Waals surface area (Å²) in [5.74, 6) is 0.920. The first-order chi connectivity index (χ1) is 10.7. The fourth-order valence-corrected chi connectivity index (χ4v) is 2.25. The predicted molar refractivity (Wildman–Crippen MR) is 84.2 cm³/mol. The van der Waals surface area contributed by atoms with Gasteiger partial charge in [0.15, 0.2) is 6.61 Å². The maximum atomic E-state index is 11.0. The van der Waals surface area contributed by atoms with Crippen molar-refractivity contribution < 1.29 is 18.7 Å². The highest BCUT2D eigenvalue weighted by Gasteiger charge is 2.07. The van der Waals surface area contributed by atoms with Crippen LogP contribution in [0, 0.1) is 0 Å². The van der Waals surface area contributed by atoms with Crippen molar-refractivity contribution in [1.29, 1.82) is 0 Å². The van der Waals surface area contributed by atoms with Gasteiger partial charge >= 0.3 is 5.97 Å². The van der Waals surface area contributed by atoms with E-state index in [-0.39, 0.29) is 6.61 Å². The summed E-state index contributed by atoms with van der Waals surface area (Å²) in [5, 5.41) is 1.62. The number of rotatable bonds is 4. The molecule has 0 aliphatic heterocycles. The molecule has 0 spiro atoms. The minimum absolute atomic E-state index is 0.112. The number of ether oxygens (including phenoxy) is 2. The zero-order chi connectivity index (χ0) is 15.5. The van der Waals surface area contributed by atoms with Crippen LogP contribution < -0.4 is 4.74 Å². The Morgan fingerprint density at radius 1 is 1.14 bits per heavy atom. The van der Waals surface area contributed by atoms with Gasteiger partial charge in [0.25, 0.3) is 0 Å². The minimum atomic E-state index is -0.418. The molecular weight excluding hydrogens is 304 g/mol. The fourth-order valence-electron chi connectivity index (χ4n) is 2.07. The van der Waals surface area contributed by atoms with Gasteiger partial charge in [-0.3, -0.25) is 0 Å². The van der Waals surface area contributed by atoms with Crippen molar-refractivity contribution >= 4 is 28.5 Å². The molecule has 112 valence electrons. The van der Waals surface area contributed by atoms with E-state index in [2.05, 4.69) is 4.74 Å². The van der Waals surface area contributed by atoms with E-state index in [0.717, 1.165) is 22.3 Å². The summed E-state index contributed by atoms with van der Waals surface area (Å²) in [4.78, 5) is 11.0. The monoisotopic (exact) mass is 316 g/mol. The number of fused-ring (bicyclic) bond motifs is 1. The van der Waals surface area contributed by atoms with Crippen molar-refractivity contribution in [2.24, 2.45) is 0 Å². The molecule has 0 bridgehead atoms. The summed E-state index contributed by atoms with van der Waals surface area (Å²) >= 11 is 5.97. The van der Waals surface area contributed by atoms with Crippen LogP contribution in [0.4, 0.5) is 0 Å². The number of carbonyl (C=O) groups excluding carboxylic acids is 1. The standard InChI is InChI=1S/C17H13ClO4/c1-20-17(19)10-21-14-5-2-11(3-6-14)16-9-12-8-13(18)4-7-15(12)22-16/h2-9H,10H2,1H3. The molecule has 3 aromatic rings. The number of hydrogen-bond donors (Lipinski definition) is 0. The van der Waals surface area contributed by atoms with Gasteiger partial charge in [-0.05, 0) is 48.5 Å². The van der Waals surface area contributed by atoms with E-state index in [0.29, 0.717) is 10.8 Å². The topological polar surface area (TPSA) is 48.7 Å². The normalized spacial score (nSPS) is 10.6. The van der Waals surface area contributed by atoms with E-state index in [1.165, 1.54) is 7.11 Å². The lowest BCUT2D eigenvalue weighted by atomic mass is 10.1. The highest BCUT2D eigenvalue weighted by atomic mass is 35.5. The van der Waals surface area contributed by atoms with Gasteiger partial charge in [0.1, 0.15) is 17.1 Å². The fraction of sp³-hybridized carbons (Fsp3) is 0.118. The van der Waals surface area contributed by atoms with Gasteiger partial charge in [-0.15, -0.1) is 0 Å². The molecule has 22 heavy (non-hydrogen) atoms. The summed E-state index contributed by atoms with van der Waals surface area (Å²) in [5.41, 5.74) is 1.70. The zero-order valence-electron chi connectivity index (χ0n) is 11.8. The third-order valence-corrected chi connectivity index (χ3v) is 3.44. The summed E-state index contributed by atoms with van der Waals surface area (Å²) in [6.45, 7) is -0.112. The third-order valence-electron chi connectivity index (χ3n) is 3.20. The summed E-state index contributed by atoms with van der Waals surface area (Å²) in [7, 11) is 1.32. The molecule has 1 aromatic heterocycles. The van der Waals surface area contributed by atoms with Gasteiger partial charge in [0, 0.05) is 16.0 Å². The van der Waals surface area contributed by atoms with Crippen molar-refractivity contribution in [3.8, 4) is 17.1 Å². The number of carbonyl (C=O) groups is 1. The molecule has 0 atom stereocenters. The van der Waals surface area contributed by atoms with Gasteiger partial charge in [0.05, 0.1) is 7.11 Å². The Morgan fingerprint density at radius 3 is 2.64 bits per heavy atom. The highest BCUT2D eigenvalue weighted by molar-refractivity contribution is 6.31.